The van der Waals surface area contributed by atoms with E-state index in [1.807, 2.05) is 0 Å². The molecule has 28 valence electrons. The zero-order chi connectivity index (χ0) is 3.70. The number of hydrogen-bond donors (Lipinski definition) is 0. The Balaban J connectivity index is 2.32. The first kappa shape index (κ1) is 2.91. The smallest absolute Gasteiger partial charge is 0.0700 e. The van der Waals surface area contributed by atoms with Crippen molar-refractivity contribution in [1.82, 2.24) is 0 Å². The highest BCUT2D eigenvalue weighted by molar-refractivity contribution is 5.00. The Bertz CT molecular complexity index is 50.7. The fraction of sp³-hybridized carbons (Fsp3) is 0.500. The van der Waals surface area contributed by atoms with E-state index in [2.05, 4.69) is 6.58 Å². The maximum absolute atomic E-state index is 4.73. The summed E-state index contributed by atoms with van der Waals surface area (Å²) in [5.74, 6) is 0. The van der Waals surface area contributed by atoms with Crippen molar-refractivity contribution in [2.75, 3.05) is 13.2 Å². The van der Waals surface area contributed by atoms with Crippen LogP contribution in [-0.4, -0.2) is 13.2 Å². The molecule has 0 unspecified atom stereocenters. The van der Waals surface area contributed by atoms with Gasteiger partial charge in [0.1, 0.15) is 0 Å². The minimum absolute atomic E-state index is 0.792. The van der Waals surface area contributed by atoms with Gasteiger partial charge in [-0.15, -0.1) is 0 Å². The van der Waals surface area contributed by atoms with Crippen LogP contribution in [0, 0.1) is 0 Å². The molecule has 0 aromatic rings. The first-order valence-electron chi connectivity index (χ1n) is 1.64. The van der Waals surface area contributed by atoms with Crippen molar-refractivity contribution < 1.29 is 4.74 Å². The van der Waals surface area contributed by atoms with Crippen LogP contribution in [-0.2, 0) is 4.74 Å². The third-order valence-electron chi connectivity index (χ3n) is 0.612. The van der Waals surface area contributed by atoms with Crippen LogP contribution in [0.2, 0.25) is 0 Å². The zero-order valence-corrected chi connectivity index (χ0v) is 3.03. The molecule has 0 amide bonds. The molecule has 1 aliphatic rings. The average molecular weight is 70.1 g/mol. The van der Waals surface area contributed by atoms with E-state index in [1.54, 1.807) is 0 Å². The van der Waals surface area contributed by atoms with Crippen LogP contribution < -0.4 is 0 Å². The summed E-state index contributed by atoms with van der Waals surface area (Å²) in [5.41, 5.74) is 1.21. The molecule has 0 N–H and O–H groups in total. The van der Waals surface area contributed by atoms with Gasteiger partial charge in [0.15, 0.2) is 0 Å². The molecule has 1 heterocycles. The lowest BCUT2D eigenvalue weighted by Gasteiger charge is -2.14. The summed E-state index contributed by atoms with van der Waals surface area (Å²) in [6.45, 7) is 5.22. The van der Waals surface area contributed by atoms with Crippen molar-refractivity contribution in [1.29, 1.82) is 0 Å². The summed E-state index contributed by atoms with van der Waals surface area (Å²) in [5, 5.41) is 0. The van der Waals surface area contributed by atoms with Gasteiger partial charge in [-0.05, 0) is 5.57 Å². The minimum Gasteiger partial charge on any atom is -0.373 e. The van der Waals surface area contributed by atoms with Crippen molar-refractivity contribution in [3.63, 3.8) is 0 Å². The SMILES string of the molecule is C=C1COC1. The molecule has 0 aliphatic carbocycles. The maximum Gasteiger partial charge on any atom is 0.0700 e. The molecule has 0 atom stereocenters. The first-order chi connectivity index (χ1) is 2.39. The highest BCUT2D eigenvalue weighted by Gasteiger charge is 2.02. The summed E-state index contributed by atoms with van der Waals surface area (Å²) < 4.78 is 4.73. The molecule has 0 saturated carbocycles. The molecular formula is C4H6O. The molecule has 0 aromatic heterocycles. The van der Waals surface area contributed by atoms with Crippen LogP contribution in [0.15, 0.2) is 12.2 Å². The van der Waals surface area contributed by atoms with Crippen LogP contribution in [0.4, 0.5) is 0 Å². The highest BCUT2D eigenvalue weighted by Crippen LogP contribution is 2.02. The molecule has 0 radical (unpaired) electrons. The third-order valence-corrected chi connectivity index (χ3v) is 0.612. The Labute approximate surface area is 31.3 Å². The van der Waals surface area contributed by atoms with E-state index in [1.165, 1.54) is 5.57 Å². The Morgan fingerprint density at radius 1 is 1.60 bits per heavy atom. The number of rotatable bonds is 0. The van der Waals surface area contributed by atoms with Crippen LogP contribution in [0.5, 0.6) is 0 Å². The average Bonchev–Trinajstić information content (AvgIpc) is 1.30. The van der Waals surface area contributed by atoms with Gasteiger partial charge in [-0.3, -0.25) is 0 Å². The molecule has 0 aromatic carbocycles. The second kappa shape index (κ2) is 0.830. The summed E-state index contributed by atoms with van der Waals surface area (Å²) in [6.07, 6.45) is 0. The summed E-state index contributed by atoms with van der Waals surface area (Å²) >= 11 is 0. The molecule has 5 heavy (non-hydrogen) atoms. The lowest BCUT2D eigenvalue weighted by molar-refractivity contribution is 0.104. The van der Waals surface area contributed by atoms with Crippen molar-refractivity contribution >= 4 is 0 Å². The third kappa shape index (κ3) is 0.329. The molecule has 1 rings (SSSR count). The quantitative estimate of drug-likeness (QED) is 0.379. The lowest BCUT2D eigenvalue weighted by Crippen LogP contribution is -2.13. The molecular weight excluding hydrogens is 64.0 g/mol. The Morgan fingerprint density at radius 2 is 2.00 bits per heavy atom. The monoisotopic (exact) mass is 70.0 g/mol. The molecule has 1 heteroatoms. The summed E-state index contributed by atoms with van der Waals surface area (Å²) in [6, 6.07) is 0. The fourth-order valence-corrected chi connectivity index (χ4v) is 0.246. The summed E-state index contributed by atoms with van der Waals surface area (Å²) in [4.78, 5) is 0. The van der Waals surface area contributed by atoms with Gasteiger partial charge in [-0.2, -0.15) is 0 Å². The lowest BCUT2D eigenvalue weighted by atomic mass is 10.3. The van der Waals surface area contributed by atoms with Gasteiger partial charge in [0, 0.05) is 0 Å². The van der Waals surface area contributed by atoms with Crippen LogP contribution in [0.25, 0.3) is 0 Å². The van der Waals surface area contributed by atoms with Gasteiger partial charge in [-0.1, -0.05) is 6.58 Å². The Morgan fingerprint density at radius 3 is 2.00 bits per heavy atom. The van der Waals surface area contributed by atoms with E-state index in [-0.39, 0.29) is 0 Å². The Hall–Kier alpha value is -0.300. The first-order valence-corrected chi connectivity index (χ1v) is 1.64. The van der Waals surface area contributed by atoms with E-state index >= 15 is 0 Å². The number of hydrogen-bond acceptors (Lipinski definition) is 1. The topological polar surface area (TPSA) is 9.23 Å². The van der Waals surface area contributed by atoms with E-state index in [0.717, 1.165) is 13.2 Å². The minimum atomic E-state index is 0.792. The van der Waals surface area contributed by atoms with Gasteiger partial charge in [0.05, 0.1) is 13.2 Å². The fourth-order valence-electron chi connectivity index (χ4n) is 0.246. The second-order valence-electron chi connectivity index (χ2n) is 1.24. The predicted octanol–water partition coefficient (Wildman–Crippen LogP) is 0.573. The van der Waals surface area contributed by atoms with Gasteiger partial charge in [0.25, 0.3) is 0 Å². The molecule has 1 aliphatic heterocycles. The molecule has 1 fully saturated rings. The van der Waals surface area contributed by atoms with Crippen LogP contribution >= 0.6 is 0 Å². The normalized spacial score (nSPS) is 22.0. The highest BCUT2D eigenvalue weighted by atomic mass is 16.5. The van der Waals surface area contributed by atoms with Crippen LogP contribution in [0.1, 0.15) is 0 Å². The Kier molecular flexibility index (Phi) is 0.484. The van der Waals surface area contributed by atoms with Gasteiger partial charge in [-0.25, -0.2) is 0 Å². The van der Waals surface area contributed by atoms with Crippen LogP contribution in [0.3, 0.4) is 0 Å². The standard InChI is InChI=1S/C4H6O/c1-4-2-5-3-4/h1-3H2. The van der Waals surface area contributed by atoms with E-state index in [0.29, 0.717) is 0 Å². The van der Waals surface area contributed by atoms with Crippen molar-refractivity contribution in [3.05, 3.63) is 12.2 Å². The molecule has 0 bridgehead atoms. The second-order valence-corrected chi connectivity index (χ2v) is 1.24. The molecule has 1 saturated heterocycles. The number of ether oxygens (including phenoxy) is 1. The van der Waals surface area contributed by atoms with Crippen molar-refractivity contribution in [2.24, 2.45) is 0 Å². The van der Waals surface area contributed by atoms with Gasteiger partial charge < -0.3 is 4.74 Å². The maximum atomic E-state index is 4.73. The zero-order valence-electron chi connectivity index (χ0n) is 3.03. The van der Waals surface area contributed by atoms with E-state index in [9.17, 15) is 0 Å². The van der Waals surface area contributed by atoms with Gasteiger partial charge >= 0.3 is 0 Å². The van der Waals surface area contributed by atoms with E-state index in [4.69, 9.17) is 4.74 Å². The van der Waals surface area contributed by atoms with Gasteiger partial charge in [0.2, 0.25) is 0 Å². The molecule has 0 spiro atoms. The van der Waals surface area contributed by atoms with Crippen molar-refractivity contribution in [3.8, 4) is 0 Å². The largest absolute Gasteiger partial charge is 0.373 e. The summed E-state index contributed by atoms with van der Waals surface area (Å²) in [7, 11) is 0. The van der Waals surface area contributed by atoms with Crippen molar-refractivity contribution in [2.45, 2.75) is 0 Å². The predicted molar refractivity (Wildman–Crippen MR) is 20.0 cm³/mol. The molecule has 1 nitrogen and oxygen atoms in total. The van der Waals surface area contributed by atoms with E-state index < -0.39 is 0 Å².